The van der Waals surface area contributed by atoms with Gasteiger partial charge >= 0.3 is 0 Å². The Bertz CT molecular complexity index is 430. The smallest absolute Gasteiger partial charge is 0.255 e. The van der Waals surface area contributed by atoms with E-state index in [9.17, 15) is 9.90 Å². The number of phenolic OH excluding ortho intramolecular Hbond substituents is 1. The maximum absolute atomic E-state index is 11.8. The van der Waals surface area contributed by atoms with Crippen molar-refractivity contribution < 1.29 is 19.4 Å². The number of para-hydroxylation sites is 1. The summed E-state index contributed by atoms with van der Waals surface area (Å²) in [6.45, 7) is 2.59. The number of phenols is 1. The van der Waals surface area contributed by atoms with E-state index in [1.807, 2.05) is 0 Å². The van der Waals surface area contributed by atoms with Crippen molar-refractivity contribution in [1.82, 2.24) is 5.32 Å². The predicted molar refractivity (Wildman–Crippen MR) is 74.9 cm³/mol. The van der Waals surface area contributed by atoms with Gasteiger partial charge in [-0.05, 0) is 31.4 Å². The largest absolute Gasteiger partial charge is 0.507 e. The SMILES string of the molecule is O=C(NCCCOC[C@@H]1CCCO1)c1ccccc1O. The minimum atomic E-state index is -0.262. The molecule has 0 spiro atoms. The van der Waals surface area contributed by atoms with Crippen LogP contribution in [0.15, 0.2) is 24.3 Å². The molecule has 110 valence electrons. The first-order chi connectivity index (χ1) is 9.77. The average Bonchev–Trinajstić information content (AvgIpc) is 2.96. The first-order valence-electron chi connectivity index (χ1n) is 7.03. The van der Waals surface area contributed by atoms with Crippen LogP contribution >= 0.6 is 0 Å². The van der Waals surface area contributed by atoms with E-state index < -0.39 is 0 Å². The van der Waals surface area contributed by atoms with Crippen LogP contribution in [0.2, 0.25) is 0 Å². The number of hydrogen-bond donors (Lipinski definition) is 2. The molecule has 0 aromatic heterocycles. The quantitative estimate of drug-likeness (QED) is 0.746. The molecule has 1 aromatic carbocycles. The first kappa shape index (κ1) is 14.8. The zero-order valence-corrected chi connectivity index (χ0v) is 11.5. The fourth-order valence-electron chi connectivity index (χ4n) is 2.13. The molecule has 2 rings (SSSR count). The van der Waals surface area contributed by atoms with Crippen molar-refractivity contribution in [2.45, 2.75) is 25.4 Å². The molecular weight excluding hydrogens is 258 g/mol. The highest BCUT2D eigenvalue weighted by Crippen LogP contribution is 2.15. The van der Waals surface area contributed by atoms with Crippen molar-refractivity contribution in [3.8, 4) is 5.75 Å². The number of rotatable bonds is 7. The second kappa shape index (κ2) is 7.87. The van der Waals surface area contributed by atoms with Crippen LogP contribution < -0.4 is 5.32 Å². The van der Waals surface area contributed by atoms with E-state index in [2.05, 4.69) is 5.32 Å². The van der Waals surface area contributed by atoms with Gasteiger partial charge in [0, 0.05) is 19.8 Å². The molecule has 0 radical (unpaired) electrons. The van der Waals surface area contributed by atoms with E-state index in [4.69, 9.17) is 9.47 Å². The molecule has 0 saturated carbocycles. The van der Waals surface area contributed by atoms with Gasteiger partial charge in [0.2, 0.25) is 0 Å². The highest BCUT2D eigenvalue weighted by molar-refractivity contribution is 5.96. The lowest BCUT2D eigenvalue weighted by Crippen LogP contribution is -2.25. The second-order valence-electron chi connectivity index (χ2n) is 4.84. The zero-order valence-electron chi connectivity index (χ0n) is 11.5. The van der Waals surface area contributed by atoms with Gasteiger partial charge in [-0.2, -0.15) is 0 Å². The van der Waals surface area contributed by atoms with Crippen LogP contribution in [0.5, 0.6) is 5.75 Å². The van der Waals surface area contributed by atoms with Gasteiger partial charge in [0.25, 0.3) is 5.91 Å². The number of carbonyl (C=O) groups excluding carboxylic acids is 1. The van der Waals surface area contributed by atoms with Crippen molar-refractivity contribution in [3.63, 3.8) is 0 Å². The lowest BCUT2D eigenvalue weighted by molar-refractivity contribution is 0.0166. The number of aromatic hydroxyl groups is 1. The number of carbonyl (C=O) groups is 1. The maximum atomic E-state index is 11.8. The van der Waals surface area contributed by atoms with Crippen LogP contribution in [0.1, 0.15) is 29.6 Å². The van der Waals surface area contributed by atoms with E-state index in [1.54, 1.807) is 18.2 Å². The molecule has 5 heteroatoms. The van der Waals surface area contributed by atoms with Crippen LogP contribution in [-0.2, 0) is 9.47 Å². The monoisotopic (exact) mass is 279 g/mol. The normalized spacial score (nSPS) is 18.1. The van der Waals surface area contributed by atoms with Gasteiger partial charge in [-0.25, -0.2) is 0 Å². The van der Waals surface area contributed by atoms with Gasteiger partial charge in [0.05, 0.1) is 18.3 Å². The molecule has 1 aliphatic heterocycles. The van der Waals surface area contributed by atoms with E-state index in [1.165, 1.54) is 6.07 Å². The number of benzene rings is 1. The van der Waals surface area contributed by atoms with Crippen LogP contribution in [0, 0.1) is 0 Å². The first-order valence-corrected chi connectivity index (χ1v) is 7.03. The molecule has 1 aromatic rings. The minimum Gasteiger partial charge on any atom is -0.507 e. The Morgan fingerprint density at radius 1 is 1.45 bits per heavy atom. The Morgan fingerprint density at radius 2 is 2.30 bits per heavy atom. The van der Waals surface area contributed by atoms with Crippen LogP contribution in [-0.4, -0.2) is 43.5 Å². The molecule has 1 heterocycles. The number of ether oxygens (including phenoxy) is 2. The average molecular weight is 279 g/mol. The van der Waals surface area contributed by atoms with Crippen molar-refractivity contribution in [2.24, 2.45) is 0 Å². The summed E-state index contributed by atoms with van der Waals surface area (Å²) < 4.78 is 10.9. The maximum Gasteiger partial charge on any atom is 0.255 e. The molecule has 1 atom stereocenters. The Morgan fingerprint density at radius 3 is 3.05 bits per heavy atom. The number of amides is 1. The Kier molecular flexibility index (Phi) is 5.83. The van der Waals surface area contributed by atoms with Crippen LogP contribution in [0.25, 0.3) is 0 Å². The minimum absolute atomic E-state index is 0.000341. The predicted octanol–water partition coefficient (Wildman–Crippen LogP) is 1.71. The summed E-state index contributed by atoms with van der Waals surface area (Å²) in [5.74, 6) is -0.262. The Balaban J connectivity index is 1.56. The molecule has 1 aliphatic rings. The van der Waals surface area contributed by atoms with E-state index in [0.29, 0.717) is 25.3 Å². The van der Waals surface area contributed by atoms with Crippen molar-refractivity contribution in [2.75, 3.05) is 26.4 Å². The molecule has 2 N–H and O–H groups in total. The zero-order chi connectivity index (χ0) is 14.2. The van der Waals surface area contributed by atoms with Gasteiger partial charge in [-0.1, -0.05) is 12.1 Å². The lowest BCUT2D eigenvalue weighted by atomic mass is 10.2. The van der Waals surface area contributed by atoms with E-state index in [0.717, 1.165) is 25.9 Å². The highest BCUT2D eigenvalue weighted by atomic mass is 16.5. The summed E-state index contributed by atoms with van der Waals surface area (Å²) in [4.78, 5) is 11.8. The van der Waals surface area contributed by atoms with Crippen molar-refractivity contribution >= 4 is 5.91 Å². The third kappa shape index (κ3) is 4.51. The molecule has 1 amide bonds. The van der Waals surface area contributed by atoms with Gasteiger partial charge in [-0.15, -0.1) is 0 Å². The standard InChI is InChI=1S/C15H21NO4/c17-14-7-2-1-6-13(14)15(18)16-8-4-9-19-11-12-5-3-10-20-12/h1-2,6-7,12,17H,3-5,8-11H2,(H,16,18)/t12-/m0/s1. The third-order valence-corrected chi connectivity index (χ3v) is 3.23. The summed E-state index contributed by atoms with van der Waals surface area (Å²) in [5, 5.41) is 12.3. The number of nitrogens with one attached hydrogen (secondary N) is 1. The van der Waals surface area contributed by atoms with E-state index in [-0.39, 0.29) is 17.8 Å². The lowest BCUT2D eigenvalue weighted by Gasteiger charge is -2.10. The summed E-state index contributed by atoms with van der Waals surface area (Å²) in [5.41, 5.74) is 0.299. The Labute approximate surface area is 118 Å². The summed E-state index contributed by atoms with van der Waals surface area (Å²) in [7, 11) is 0. The highest BCUT2D eigenvalue weighted by Gasteiger charge is 2.15. The van der Waals surface area contributed by atoms with Gasteiger partial charge in [0.15, 0.2) is 0 Å². The summed E-state index contributed by atoms with van der Waals surface area (Å²) >= 11 is 0. The molecule has 0 aliphatic carbocycles. The Hall–Kier alpha value is -1.59. The molecule has 20 heavy (non-hydrogen) atoms. The van der Waals surface area contributed by atoms with E-state index >= 15 is 0 Å². The van der Waals surface area contributed by atoms with Crippen molar-refractivity contribution in [3.05, 3.63) is 29.8 Å². The molecule has 5 nitrogen and oxygen atoms in total. The van der Waals surface area contributed by atoms with Gasteiger partial charge in [0.1, 0.15) is 5.75 Å². The van der Waals surface area contributed by atoms with Crippen LogP contribution in [0.3, 0.4) is 0 Å². The summed E-state index contributed by atoms with van der Waals surface area (Å²) in [6, 6.07) is 6.50. The molecule has 0 unspecified atom stereocenters. The molecule has 1 fully saturated rings. The fourth-order valence-corrected chi connectivity index (χ4v) is 2.13. The third-order valence-electron chi connectivity index (χ3n) is 3.23. The fraction of sp³-hybridized carbons (Fsp3) is 0.533. The number of hydrogen-bond acceptors (Lipinski definition) is 4. The van der Waals surface area contributed by atoms with Gasteiger partial charge in [-0.3, -0.25) is 4.79 Å². The molecular formula is C15H21NO4. The van der Waals surface area contributed by atoms with Crippen molar-refractivity contribution in [1.29, 1.82) is 0 Å². The molecule has 0 bridgehead atoms. The summed E-state index contributed by atoms with van der Waals surface area (Å²) in [6.07, 6.45) is 3.17. The second-order valence-corrected chi connectivity index (χ2v) is 4.84. The molecule has 1 saturated heterocycles. The van der Waals surface area contributed by atoms with Crippen LogP contribution in [0.4, 0.5) is 0 Å². The topological polar surface area (TPSA) is 67.8 Å². The van der Waals surface area contributed by atoms with Gasteiger partial charge < -0.3 is 19.9 Å².